The number of hydrogen-bond acceptors (Lipinski definition) is 2. The topological polar surface area (TPSA) is 49.4 Å². The highest BCUT2D eigenvalue weighted by molar-refractivity contribution is 5.94. The molecule has 0 radical (unpaired) electrons. The molecule has 3 unspecified atom stereocenters. The van der Waals surface area contributed by atoms with Crippen molar-refractivity contribution in [2.75, 3.05) is 6.54 Å². The Labute approximate surface area is 109 Å². The lowest BCUT2D eigenvalue weighted by Crippen LogP contribution is -2.61. The van der Waals surface area contributed by atoms with E-state index >= 15 is 0 Å². The van der Waals surface area contributed by atoms with Gasteiger partial charge in [-0.1, -0.05) is 33.1 Å². The van der Waals surface area contributed by atoms with E-state index in [4.69, 9.17) is 0 Å². The first-order chi connectivity index (χ1) is 8.67. The van der Waals surface area contributed by atoms with E-state index in [1.807, 2.05) is 11.8 Å². The highest BCUT2D eigenvalue weighted by Crippen LogP contribution is 2.31. The first-order valence-corrected chi connectivity index (χ1v) is 7.26. The summed E-state index contributed by atoms with van der Waals surface area (Å²) in [6.07, 6.45) is 6.49. The quantitative estimate of drug-likeness (QED) is 0.831. The molecule has 0 bridgehead atoms. The van der Waals surface area contributed by atoms with Crippen LogP contribution in [0.15, 0.2) is 0 Å². The number of rotatable bonds is 3. The summed E-state index contributed by atoms with van der Waals surface area (Å²) in [6.45, 7) is 4.38. The van der Waals surface area contributed by atoms with Gasteiger partial charge in [0.05, 0.1) is 6.54 Å². The summed E-state index contributed by atoms with van der Waals surface area (Å²) in [5, 5.41) is 2.70. The van der Waals surface area contributed by atoms with E-state index in [9.17, 15) is 9.59 Å². The van der Waals surface area contributed by atoms with Crippen molar-refractivity contribution < 1.29 is 9.59 Å². The molecule has 102 valence electrons. The van der Waals surface area contributed by atoms with Crippen molar-refractivity contribution in [3.05, 3.63) is 0 Å². The van der Waals surface area contributed by atoms with Crippen molar-refractivity contribution in [2.24, 2.45) is 5.92 Å². The van der Waals surface area contributed by atoms with Gasteiger partial charge in [-0.25, -0.2) is 0 Å². The third kappa shape index (κ3) is 2.52. The minimum Gasteiger partial charge on any atom is -0.345 e. The first kappa shape index (κ1) is 13.4. The number of carbonyl (C=O) groups is 2. The number of nitrogens with zero attached hydrogens (tertiary/aromatic N) is 1. The summed E-state index contributed by atoms with van der Waals surface area (Å²) < 4.78 is 0. The van der Waals surface area contributed by atoms with Gasteiger partial charge in [0.2, 0.25) is 11.8 Å². The molecule has 2 fully saturated rings. The Morgan fingerprint density at radius 2 is 2.00 bits per heavy atom. The van der Waals surface area contributed by atoms with Crippen LogP contribution in [0.4, 0.5) is 0 Å². The summed E-state index contributed by atoms with van der Waals surface area (Å²) in [6, 6.07) is 0.0408. The van der Waals surface area contributed by atoms with E-state index in [2.05, 4.69) is 12.2 Å². The molecular weight excluding hydrogens is 228 g/mol. The van der Waals surface area contributed by atoms with Gasteiger partial charge in [-0.05, 0) is 25.2 Å². The Bertz CT molecular complexity index is 330. The van der Waals surface area contributed by atoms with Crippen molar-refractivity contribution in [3.8, 4) is 0 Å². The summed E-state index contributed by atoms with van der Waals surface area (Å²) in [5.41, 5.74) is 0. The lowest BCUT2D eigenvalue weighted by Gasteiger charge is -2.43. The average molecular weight is 252 g/mol. The molecule has 2 amide bonds. The zero-order chi connectivity index (χ0) is 13.1. The molecule has 1 saturated heterocycles. The maximum atomic E-state index is 12.1. The highest BCUT2D eigenvalue weighted by Gasteiger charge is 2.39. The fourth-order valence-corrected chi connectivity index (χ4v) is 3.40. The van der Waals surface area contributed by atoms with Crippen molar-refractivity contribution in [3.63, 3.8) is 0 Å². The van der Waals surface area contributed by atoms with Crippen LogP contribution in [-0.2, 0) is 9.59 Å². The van der Waals surface area contributed by atoms with Crippen LogP contribution in [0.1, 0.15) is 52.4 Å². The van der Waals surface area contributed by atoms with Crippen LogP contribution in [0.25, 0.3) is 0 Å². The predicted molar refractivity (Wildman–Crippen MR) is 70.0 cm³/mol. The van der Waals surface area contributed by atoms with Crippen LogP contribution in [0.3, 0.4) is 0 Å². The maximum Gasteiger partial charge on any atom is 0.243 e. The summed E-state index contributed by atoms with van der Waals surface area (Å²) in [4.78, 5) is 25.9. The average Bonchev–Trinajstić information content (AvgIpc) is 2.41. The van der Waals surface area contributed by atoms with E-state index in [0.717, 1.165) is 18.8 Å². The molecule has 4 heteroatoms. The molecule has 4 nitrogen and oxygen atoms in total. The molecule has 1 N–H and O–H groups in total. The summed E-state index contributed by atoms with van der Waals surface area (Å²) in [5.74, 6) is 0.845. The zero-order valence-corrected chi connectivity index (χ0v) is 11.4. The number of amides is 2. The third-order valence-corrected chi connectivity index (χ3v) is 4.45. The van der Waals surface area contributed by atoms with Gasteiger partial charge in [-0.3, -0.25) is 9.59 Å². The molecular formula is C14H24N2O2. The molecule has 0 aromatic rings. The molecule has 2 aliphatic rings. The summed E-state index contributed by atoms with van der Waals surface area (Å²) in [7, 11) is 0. The van der Waals surface area contributed by atoms with Gasteiger partial charge in [0.15, 0.2) is 0 Å². The molecule has 1 saturated carbocycles. The third-order valence-electron chi connectivity index (χ3n) is 4.45. The molecule has 0 aromatic carbocycles. The van der Waals surface area contributed by atoms with Crippen LogP contribution < -0.4 is 5.32 Å². The minimum absolute atomic E-state index is 0.0238. The number of hydrogen-bond donors (Lipinski definition) is 1. The van der Waals surface area contributed by atoms with Crippen LogP contribution in [-0.4, -0.2) is 35.3 Å². The largest absolute Gasteiger partial charge is 0.345 e. The molecule has 0 aromatic heterocycles. The number of carbonyl (C=O) groups excluding carboxylic acids is 2. The molecule has 1 heterocycles. The Morgan fingerprint density at radius 1 is 1.22 bits per heavy atom. The smallest absolute Gasteiger partial charge is 0.243 e. The standard InChI is InChI=1S/C14H24N2O2/c1-3-10-6-5-7-11(8-10)16-12(4-2)14(18)15-9-13(16)17/h10-12H,3-9H2,1-2H3,(H,15,18). The fourth-order valence-electron chi connectivity index (χ4n) is 3.40. The Hall–Kier alpha value is -1.06. The van der Waals surface area contributed by atoms with E-state index in [1.165, 1.54) is 19.3 Å². The lowest BCUT2D eigenvalue weighted by atomic mass is 9.82. The normalized spacial score (nSPS) is 33.4. The molecule has 0 spiro atoms. The molecule has 18 heavy (non-hydrogen) atoms. The number of piperazine rings is 1. The second kappa shape index (κ2) is 5.72. The van der Waals surface area contributed by atoms with Crippen LogP contribution in [0, 0.1) is 5.92 Å². The second-order valence-corrected chi connectivity index (χ2v) is 5.54. The van der Waals surface area contributed by atoms with Crippen LogP contribution >= 0.6 is 0 Å². The Kier molecular flexibility index (Phi) is 4.25. The van der Waals surface area contributed by atoms with E-state index in [0.29, 0.717) is 6.42 Å². The molecule has 1 aliphatic heterocycles. The van der Waals surface area contributed by atoms with Gasteiger partial charge in [0.1, 0.15) is 6.04 Å². The Morgan fingerprint density at radius 3 is 2.67 bits per heavy atom. The summed E-state index contributed by atoms with van der Waals surface area (Å²) >= 11 is 0. The van der Waals surface area contributed by atoms with Gasteiger partial charge in [0, 0.05) is 6.04 Å². The lowest BCUT2D eigenvalue weighted by molar-refractivity contribution is -0.149. The van der Waals surface area contributed by atoms with Gasteiger partial charge in [0.25, 0.3) is 0 Å². The minimum atomic E-state index is -0.244. The van der Waals surface area contributed by atoms with E-state index in [-0.39, 0.29) is 30.4 Å². The SMILES string of the molecule is CCC1CCCC(N2C(=O)CNC(=O)C2CC)C1. The first-order valence-electron chi connectivity index (χ1n) is 7.26. The highest BCUT2D eigenvalue weighted by atomic mass is 16.2. The van der Waals surface area contributed by atoms with Crippen LogP contribution in [0.5, 0.6) is 0 Å². The molecule has 1 aliphatic carbocycles. The van der Waals surface area contributed by atoms with Crippen molar-refractivity contribution in [1.29, 1.82) is 0 Å². The Balaban J connectivity index is 2.12. The molecule has 3 atom stereocenters. The fraction of sp³-hybridized carbons (Fsp3) is 0.857. The van der Waals surface area contributed by atoms with Gasteiger partial charge in [-0.2, -0.15) is 0 Å². The predicted octanol–water partition coefficient (Wildman–Crippen LogP) is 1.69. The monoisotopic (exact) mass is 252 g/mol. The van der Waals surface area contributed by atoms with E-state index in [1.54, 1.807) is 0 Å². The second-order valence-electron chi connectivity index (χ2n) is 5.54. The van der Waals surface area contributed by atoms with Crippen molar-refractivity contribution in [2.45, 2.75) is 64.5 Å². The van der Waals surface area contributed by atoms with Crippen molar-refractivity contribution >= 4 is 11.8 Å². The van der Waals surface area contributed by atoms with E-state index < -0.39 is 0 Å². The number of nitrogens with one attached hydrogen (secondary N) is 1. The van der Waals surface area contributed by atoms with Gasteiger partial charge in [-0.15, -0.1) is 0 Å². The van der Waals surface area contributed by atoms with Gasteiger partial charge < -0.3 is 10.2 Å². The van der Waals surface area contributed by atoms with Crippen molar-refractivity contribution in [1.82, 2.24) is 10.2 Å². The van der Waals surface area contributed by atoms with Gasteiger partial charge >= 0.3 is 0 Å². The zero-order valence-electron chi connectivity index (χ0n) is 11.4. The van der Waals surface area contributed by atoms with Crippen LogP contribution in [0.2, 0.25) is 0 Å². The maximum absolute atomic E-state index is 12.1. The molecule has 2 rings (SSSR count).